The minimum absolute atomic E-state index is 0.529. The van der Waals surface area contributed by atoms with E-state index in [-0.39, 0.29) is 0 Å². The zero-order valence-electron chi connectivity index (χ0n) is 9.89. The van der Waals surface area contributed by atoms with Crippen LogP contribution < -0.4 is 0 Å². The Bertz CT molecular complexity index is 597. The van der Waals surface area contributed by atoms with Crippen molar-refractivity contribution in [2.24, 2.45) is 0 Å². The van der Waals surface area contributed by atoms with E-state index in [2.05, 4.69) is 6.07 Å². The molecule has 0 spiro atoms. The molecule has 1 atom stereocenters. The third kappa shape index (κ3) is 2.38. The number of hydrogen-bond acceptors (Lipinski definition) is 2. The Morgan fingerprint density at radius 3 is 2.39 bits per heavy atom. The number of aliphatic hydroxyl groups is 1. The van der Waals surface area contributed by atoms with Crippen LogP contribution in [0.15, 0.2) is 48.5 Å². The Labute approximate surface area is 111 Å². The predicted molar refractivity (Wildman–Crippen MR) is 71.3 cm³/mol. The Kier molecular flexibility index (Phi) is 3.38. The molecule has 1 N–H and O–H groups in total. The first-order valence-corrected chi connectivity index (χ1v) is 5.91. The summed E-state index contributed by atoms with van der Waals surface area (Å²) in [5, 5.41) is 20.1. The molecule has 2 nitrogen and oxygen atoms in total. The average molecular weight is 258 g/mol. The molecule has 3 heteroatoms. The Hall–Kier alpha value is -1.82. The van der Waals surface area contributed by atoms with Crippen LogP contribution in [0.25, 0.3) is 0 Å². The third-order valence-corrected chi connectivity index (χ3v) is 3.21. The maximum absolute atomic E-state index is 10.6. The van der Waals surface area contributed by atoms with Crippen LogP contribution in [-0.4, -0.2) is 5.11 Å². The molecule has 2 aromatic rings. The lowest BCUT2D eigenvalue weighted by molar-refractivity contribution is 0.102. The molecule has 18 heavy (non-hydrogen) atoms. The van der Waals surface area contributed by atoms with Crippen molar-refractivity contribution in [3.8, 4) is 6.07 Å². The molecule has 90 valence electrons. The second kappa shape index (κ2) is 4.81. The fourth-order valence-electron chi connectivity index (χ4n) is 1.83. The van der Waals surface area contributed by atoms with E-state index in [9.17, 15) is 5.11 Å². The fraction of sp³-hybridized carbons (Fsp3) is 0.133. The van der Waals surface area contributed by atoms with Crippen molar-refractivity contribution < 1.29 is 5.11 Å². The van der Waals surface area contributed by atoms with E-state index >= 15 is 0 Å². The average Bonchev–Trinajstić information content (AvgIpc) is 2.39. The van der Waals surface area contributed by atoms with Gasteiger partial charge in [-0.2, -0.15) is 5.26 Å². The first kappa shape index (κ1) is 12.6. The number of nitriles is 1. The summed E-state index contributed by atoms with van der Waals surface area (Å²) in [5.74, 6) is 0. The summed E-state index contributed by atoms with van der Waals surface area (Å²) in [6.07, 6.45) is 0. The zero-order valence-corrected chi connectivity index (χ0v) is 10.6. The molecule has 0 heterocycles. The predicted octanol–water partition coefficient (Wildman–Crippen LogP) is 3.47. The maximum Gasteiger partial charge on any atom is 0.112 e. The largest absolute Gasteiger partial charge is 0.381 e. The Morgan fingerprint density at radius 2 is 1.78 bits per heavy atom. The summed E-state index contributed by atoms with van der Waals surface area (Å²) in [7, 11) is 0. The number of nitrogens with zero attached hydrogens (tertiary/aromatic N) is 1. The van der Waals surface area contributed by atoms with Gasteiger partial charge in [0.05, 0.1) is 11.6 Å². The second-order valence-corrected chi connectivity index (χ2v) is 4.71. The molecule has 0 fully saturated rings. The number of rotatable bonds is 2. The van der Waals surface area contributed by atoms with Crippen molar-refractivity contribution in [2.75, 3.05) is 0 Å². The number of hydrogen-bond donors (Lipinski definition) is 1. The lowest BCUT2D eigenvalue weighted by Crippen LogP contribution is -2.22. The molecule has 1 unspecified atom stereocenters. The molecule has 0 aromatic heterocycles. The molecular formula is C15H12ClNO. The standard InChI is InChI=1S/C15H12ClNO/c1-15(18,12-5-7-14(16)8-6-12)13-4-2-3-11(9-13)10-17/h2-9,18H,1H3. The highest BCUT2D eigenvalue weighted by atomic mass is 35.5. The van der Waals surface area contributed by atoms with Crippen molar-refractivity contribution in [3.63, 3.8) is 0 Å². The quantitative estimate of drug-likeness (QED) is 0.895. The highest BCUT2D eigenvalue weighted by Gasteiger charge is 2.25. The van der Waals surface area contributed by atoms with Crippen LogP contribution in [0.1, 0.15) is 23.6 Å². The van der Waals surface area contributed by atoms with Crippen molar-refractivity contribution in [1.82, 2.24) is 0 Å². The Balaban J connectivity index is 2.47. The van der Waals surface area contributed by atoms with Gasteiger partial charge in [0.25, 0.3) is 0 Å². The van der Waals surface area contributed by atoms with Gasteiger partial charge in [0, 0.05) is 5.02 Å². The third-order valence-electron chi connectivity index (χ3n) is 2.96. The van der Waals surface area contributed by atoms with Crippen LogP contribution in [0.2, 0.25) is 5.02 Å². The summed E-state index contributed by atoms with van der Waals surface area (Å²) >= 11 is 5.83. The van der Waals surface area contributed by atoms with Crippen LogP contribution in [-0.2, 0) is 5.60 Å². The molecular weight excluding hydrogens is 246 g/mol. The smallest absolute Gasteiger partial charge is 0.112 e. The molecule has 0 aliphatic carbocycles. The van der Waals surface area contributed by atoms with Gasteiger partial charge in [-0.1, -0.05) is 35.9 Å². The highest BCUT2D eigenvalue weighted by Crippen LogP contribution is 2.30. The van der Waals surface area contributed by atoms with Gasteiger partial charge in [-0.15, -0.1) is 0 Å². The van der Waals surface area contributed by atoms with Crippen LogP contribution in [0, 0.1) is 11.3 Å². The minimum atomic E-state index is -1.14. The molecule has 0 aliphatic rings. The van der Waals surface area contributed by atoms with Gasteiger partial charge in [0.1, 0.15) is 5.60 Å². The van der Waals surface area contributed by atoms with E-state index in [0.717, 1.165) is 5.56 Å². The van der Waals surface area contributed by atoms with Crippen molar-refractivity contribution in [3.05, 3.63) is 70.2 Å². The van der Waals surface area contributed by atoms with E-state index < -0.39 is 5.60 Å². The van der Waals surface area contributed by atoms with E-state index in [4.69, 9.17) is 16.9 Å². The number of benzene rings is 2. The summed E-state index contributed by atoms with van der Waals surface area (Å²) < 4.78 is 0. The maximum atomic E-state index is 10.6. The first-order chi connectivity index (χ1) is 8.54. The lowest BCUT2D eigenvalue weighted by Gasteiger charge is -2.24. The van der Waals surface area contributed by atoms with E-state index in [0.29, 0.717) is 16.1 Å². The van der Waals surface area contributed by atoms with E-state index in [1.807, 2.05) is 0 Å². The van der Waals surface area contributed by atoms with Gasteiger partial charge in [-0.3, -0.25) is 0 Å². The number of halogens is 1. The summed E-state index contributed by atoms with van der Waals surface area (Å²) in [6, 6.07) is 16.1. The molecule has 2 aromatic carbocycles. The SMILES string of the molecule is CC(O)(c1ccc(Cl)cc1)c1cccc(C#N)c1. The zero-order chi connectivity index (χ0) is 13.2. The van der Waals surface area contributed by atoms with Gasteiger partial charge >= 0.3 is 0 Å². The molecule has 0 radical (unpaired) electrons. The molecule has 0 amide bonds. The monoisotopic (exact) mass is 257 g/mol. The van der Waals surface area contributed by atoms with Crippen LogP contribution in [0.4, 0.5) is 0 Å². The second-order valence-electron chi connectivity index (χ2n) is 4.27. The van der Waals surface area contributed by atoms with Crippen molar-refractivity contribution in [1.29, 1.82) is 5.26 Å². The van der Waals surface area contributed by atoms with Crippen molar-refractivity contribution >= 4 is 11.6 Å². The molecule has 0 aliphatic heterocycles. The van der Waals surface area contributed by atoms with Crippen LogP contribution >= 0.6 is 11.6 Å². The molecule has 0 saturated carbocycles. The summed E-state index contributed by atoms with van der Waals surface area (Å²) in [6.45, 7) is 1.70. The Morgan fingerprint density at radius 1 is 1.11 bits per heavy atom. The van der Waals surface area contributed by atoms with Gasteiger partial charge in [-0.05, 0) is 42.3 Å². The van der Waals surface area contributed by atoms with Gasteiger partial charge in [0.2, 0.25) is 0 Å². The van der Waals surface area contributed by atoms with Gasteiger partial charge in [-0.25, -0.2) is 0 Å². The highest BCUT2D eigenvalue weighted by molar-refractivity contribution is 6.30. The minimum Gasteiger partial charge on any atom is -0.381 e. The molecule has 0 saturated heterocycles. The van der Waals surface area contributed by atoms with Crippen LogP contribution in [0.5, 0.6) is 0 Å². The normalized spacial score (nSPS) is 13.7. The summed E-state index contributed by atoms with van der Waals surface area (Å²) in [4.78, 5) is 0. The van der Waals surface area contributed by atoms with Crippen LogP contribution in [0.3, 0.4) is 0 Å². The topological polar surface area (TPSA) is 44.0 Å². The summed E-state index contributed by atoms with van der Waals surface area (Å²) in [5.41, 5.74) is 0.810. The lowest BCUT2D eigenvalue weighted by atomic mass is 9.87. The molecule has 0 bridgehead atoms. The fourth-order valence-corrected chi connectivity index (χ4v) is 1.96. The van der Waals surface area contributed by atoms with E-state index in [1.165, 1.54) is 0 Å². The molecule has 2 rings (SSSR count). The van der Waals surface area contributed by atoms with Gasteiger partial charge in [0.15, 0.2) is 0 Å². The first-order valence-electron chi connectivity index (χ1n) is 5.53. The van der Waals surface area contributed by atoms with Crippen molar-refractivity contribution in [2.45, 2.75) is 12.5 Å². The van der Waals surface area contributed by atoms with E-state index in [1.54, 1.807) is 55.5 Å². The van der Waals surface area contributed by atoms with Gasteiger partial charge < -0.3 is 5.11 Å².